The monoisotopic (exact) mass is 313 g/mol. The molecule has 1 fully saturated rings. The fourth-order valence-electron chi connectivity index (χ4n) is 2.06. The molecule has 0 aromatic carbocycles. The van der Waals surface area contributed by atoms with Crippen LogP contribution in [-0.2, 0) is 0 Å². The van der Waals surface area contributed by atoms with Gasteiger partial charge in [-0.15, -0.1) is 0 Å². The van der Waals surface area contributed by atoms with Crippen LogP contribution in [0.2, 0.25) is 5.15 Å². The van der Waals surface area contributed by atoms with Gasteiger partial charge in [0.15, 0.2) is 0 Å². The number of pyridine rings is 1. The van der Waals surface area contributed by atoms with Crippen LogP contribution in [0.5, 0.6) is 0 Å². The molecule has 0 saturated carbocycles. The first-order valence-electron chi connectivity index (χ1n) is 6.96. The molecule has 20 heavy (non-hydrogen) atoms. The maximum absolute atomic E-state index is 12.1. The van der Waals surface area contributed by atoms with Gasteiger partial charge in [-0.1, -0.05) is 18.5 Å². The molecule has 0 radical (unpaired) electrons. The first-order chi connectivity index (χ1) is 9.69. The summed E-state index contributed by atoms with van der Waals surface area (Å²) in [6, 6.07) is 3.36. The summed E-state index contributed by atoms with van der Waals surface area (Å²) in [7, 11) is 0. The normalized spacial score (nSPS) is 18.0. The molecule has 1 aromatic rings. The van der Waals surface area contributed by atoms with Gasteiger partial charge in [-0.05, 0) is 42.4 Å². The van der Waals surface area contributed by atoms with E-state index in [0.29, 0.717) is 22.5 Å². The number of aromatic nitrogens is 1. The Kier molecular flexibility index (Phi) is 5.98. The van der Waals surface area contributed by atoms with Crippen molar-refractivity contribution in [1.29, 1.82) is 0 Å². The highest BCUT2D eigenvalue weighted by atomic mass is 35.5. The van der Waals surface area contributed by atoms with Crippen LogP contribution in [0.3, 0.4) is 0 Å². The van der Waals surface area contributed by atoms with Crippen LogP contribution in [0.15, 0.2) is 12.1 Å². The SMILES string of the molecule is CCCNc1cc(C(=O)NCC2CCSC2)cc(Cl)n1. The molecule has 0 spiro atoms. The van der Waals surface area contributed by atoms with E-state index in [1.807, 2.05) is 11.8 Å². The van der Waals surface area contributed by atoms with Crippen LogP contribution in [0.4, 0.5) is 5.82 Å². The lowest BCUT2D eigenvalue weighted by atomic mass is 10.1. The summed E-state index contributed by atoms with van der Waals surface area (Å²) >= 11 is 7.92. The Morgan fingerprint density at radius 1 is 1.55 bits per heavy atom. The topological polar surface area (TPSA) is 54.0 Å². The highest BCUT2D eigenvalue weighted by molar-refractivity contribution is 7.99. The largest absolute Gasteiger partial charge is 0.370 e. The van der Waals surface area contributed by atoms with E-state index in [9.17, 15) is 4.79 Å². The summed E-state index contributed by atoms with van der Waals surface area (Å²) in [5, 5.41) is 6.47. The maximum atomic E-state index is 12.1. The Morgan fingerprint density at radius 2 is 2.40 bits per heavy atom. The minimum atomic E-state index is -0.0780. The molecule has 1 amide bonds. The van der Waals surface area contributed by atoms with Crippen molar-refractivity contribution in [2.75, 3.05) is 29.9 Å². The third-order valence-electron chi connectivity index (χ3n) is 3.19. The number of hydrogen-bond donors (Lipinski definition) is 2. The van der Waals surface area contributed by atoms with Crippen LogP contribution in [0.1, 0.15) is 30.1 Å². The zero-order chi connectivity index (χ0) is 14.4. The van der Waals surface area contributed by atoms with Gasteiger partial charge in [0.2, 0.25) is 0 Å². The van der Waals surface area contributed by atoms with Crippen LogP contribution in [0, 0.1) is 5.92 Å². The molecule has 0 aliphatic carbocycles. The number of carbonyl (C=O) groups excluding carboxylic acids is 1. The standard InChI is InChI=1S/C14H20ClN3OS/c1-2-4-16-13-7-11(6-12(15)18-13)14(19)17-8-10-3-5-20-9-10/h6-7,10H,2-5,8-9H2,1H3,(H,16,18)(H,17,19). The van der Waals surface area contributed by atoms with E-state index in [0.717, 1.165) is 25.3 Å². The van der Waals surface area contributed by atoms with Crippen LogP contribution < -0.4 is 10.6 Å². The number of thioether (sulfide) groups is 1. The summed E-state index contributed by atoms with van der Waals surface area (Å²) < 4.78 is 0. The molecule has 1 saturated heterocycles. The van der Waals surface area contributed by atoms with E-state index >= 15 is 0 Å². The lowest BCUT2D eigenvalue weighted by Gasteiger charge is -2.11. The summed E-state index contributed by atoms with van der Waals surface area (Å²) in [6.07, 6.45) is 2.18. The molecule has 0 bridgehead atoms. The number of nitrogens with one attached hydrogen (secondary N) is 2. The van der Waals surface area contributed by atoms with E-state index in [1.54, 1.807) is 12.1 Å². The lowest BCUT2D eigenvalue weighted by Crippen LogP contribution is -2.29. The van der Waals surface area contributed by atoms with E-state index in [1.165, 1.54) is 12.2 Å². The van der Waals surface area contributed by atoms with Crippen molar-refractivity contribution in [3.8, 4) is 0 Å². The number of halogens is 1. The van der Waals surface area contributed by atoms with Crippen molar-refractivity contribution in [3.05, 3.63) is 22.8 Å². The van der Waals surface area contributed by atoms with Gasteiger partial charge in [0.25, 0.3) is 5.91 Å². The van der Waals surface area contributed by atoms with Gasteiger partial charge in [-0.3, -0.25) is 4.79 Å². The maximum Gasteiger partial charge on any atom is 0.251 e. The molecule has 1 aromatic heterocycles. The minimum Gasteiger partial charge on any atom is -0.370 e. The number of amides is 1. The van der Waals surface area contributed by atoms with Crippen LogP contribution in [-0.4, -0.2) is 35.5 Å². The number of anilines is 1. The van der Waals surface area contributed by atoms with E-state index in [-0.39, 0.29) is 5.91 Å². The second kappa shape index (κ2) is 7.74. The van der Waals surface area contributed by atoms with Crippen LogP contribution >= 0.6 is 23.4 Å². The molecule has 2 heterocycles. The van der Waals surface area contributed by atoms with E-state index in [2.05, 4.69) is 22.5 Å². The number of hydrogen-bond acceptors (Lipinski definition) is 4. The molecular weight excluding hydrogens is 294 g/mol. The summed E-state index contributed by atoms with van der Waals surface area (Å²) in [6.45, 7) is 3.63. The first kappa shape index (κ1) is 15.4. The minimum absolute atomic E-state index is 0.0780. The zero-order valence-corrected chi connectivity index (χ0v) is 13.2. The Hall–Kier alpha value is -0.940. The smallest absolute Gasteiger partial charge is 0.251 e. The van der Waals surface area contributed by atoms with Crippen molar-refractivity contribution >= 4 is 35.1 Å². The predicted octanol–water partition coefficient (Wildman–Crippen LogP) is 3.04. The highest BCUT2D eigenvalue weighted by Crippen LogP contribution is 2.22. The average molecular weight is 314 g/mol. The van der Waals surface area contributed by atoms with Crippen molar-refractivity contribution in [2.24, 2.45) is 5.92 Å². The molecule has 4 nitrogen and oxygen atoms in total. The van der Waals surface area contributed by atoms with Gasteiger partial charge in [-0.25, -0.2) is 4.98 Å². The third kappa shape index (κ3) is 4.56. The number of rotatable bonds is 6. The Balaban J connectivity index is 1.95. The molecule has 1 aliphatic heterocycles. The number of carbonyl (C=O) groups is 1. The quantitative estimate of drug-likeness (QED) is 0.793. The second-order valence-electron chi connectivity index (χ2n) is 4.93. The Morgan fingerprint density at radius 3 is 3.10 bits per heavy atom. The van der Waals surface area contributed by atoms with Gasteiger partial charge >= 0.3 is 0 Å². The summed E-state index contributed by atoms with van der Waals surface area (Å²) in [5.74, 6) is 3.51. The zero-order valence-electron chi connectivity index (χ0n) is 11.6. The first-order valence-corrected chi connectivity index (χ1v) is 8.49. The van der Waals surface area contributed by atoms with Gasteiger partial charge < -0.3 is 10.6 Å². The van der Waals surface area contributed by atoms with Gasteiger partial charge in [-0.2, -0.15) is 11.8 Å². The van der Waals surface area contributed by atoms with Crippen molar-refractivity contribution in [3.63, 3.8) is 0 Å². The van der Waals surface area contributed by atoms with Gasteiger partial charge in [0.1, 0.15) is 11.0 Å². The van der Waals surface area contributed by atoms with E-state index in [4.69, 9.17) is 11.6 Å². The fraction of sp³-hybridized carbons (Fsp3) is 0.571. The third-order valence-corrected chi connectivity index (χ3v) is 4.61. The van der Waals surface area contributed by atoms with E-state index < -0.39 is 0 Å². The lowest BCUT2D eigenvalue weighted by molar-refractivity contribution is 0.0948. The second-order valence-corrected chi connectivity index (χ2v) is 6.47. The molecule has 1 aliphatic rings. The Labute approximate surface area is 129 Å². The van der Waals surface area contributed by atoms with Crippen molar-refractivity contribution < 1.29 is 4.79 Å². The molecule has 110 valence electrons. The molecule has 6 heteroatoms. The Bertz CT molecular complexity index is 464. The molecular formula is C14H20ClN3OS. The van der Waals surface area contributed by atoms with Crippen molar-refractivity contribution in [1.82, 2.24) is 10.3 Å². The highest BCUT2D eigenvalue weighted by Gasteiger charge is 2.17. The van der Waals surface area contributed by atoms with Crippen molar-refractivity contribution in [2.45, 2.75) is 19.8 Å². The number of nitrogens with zero attached hydrogens (tertiary/aromatic N) is 1. The van der Waals surface area contributed by atoms with Gasteiger partial charge in [0.05, 0.1) is 0 Å². The van der Waals surface area contributed by atoms with Crippen LogP contribution in [0.25, 0.3) is 0 Å². The summed E-state index contributed by atoms with van der Waals surface area (Å²) in [5.41, 5.74) is 0.564. The average Bonchev–Trinajstić information content (AvgIpc) is 2.95. The molecule has 2 rings (SSSR count). The fourth-order valence-corrected chi connectivity index (χ4v) is 3.55. The summed E-state index contributed by atoms with van der Waals surface area (Å²) in [4.78, 5) is 16.3. The predicted molar refractivity (Wildman–Crippen MR) is 85.8 cm³/mol. The molecule has 2 N–H and O–H groups in total. The molecule has 1 unspecified atom stereocenters. The molecule has 1 atom stereocenters. The van der Waals surface area contributed by atoms with Gasteiger partial charge in [0, 0.05) is 18.7 Å².